The van der Waals surface area contributed by atoms with Crippen molar-refractivity contribution in [3.8, 4) is 11.5 Å². The fourth-order valence-corrected chi connectivity index (χ4v) is 3.34. The molecule has 4 nitrogen and oxygen atoms in total. The van der Waals surface area contributed by atoms with E-state index in [2.05, 4.69) is 57.4 Å². The maximum absolute atomic E-state index is 12.6. The molecule has 1 N–H and O–H groups in total. The van der Waals surface area contributed by atoms with Crippen molar-refractivity contribution in [3.05, 3.63) is 49.1 Å². The van der Waals surface area contributed by atoms with Crippen LogP contribution in [0.5, 0.6) is 11.5 Å². The molecule has 0 saturated heterocycles. The van der Waals surface area contributed by atoms with E-state index in [1.54, 1.807) is 6.07 Å². The highest BCUT2D eigenvalue weighted by Crippen LogP contribution is 2.34. The number of carbonyl (C=O) groups is 1. The number of hydrogen-bond acceptors (Lipinski definition) is 3. The molecule has 0 radical (unpaired) electrons. The van der Waals surface area contributed by atoms with E-state index in [9.17, 15) is 4.79 Å². The Morgan fingerprint density at radius 3 is 2.50 bits per heavy atom. The molecule has 2 aromatic rings. The van der Waals surface area contributed by atoms with Gasteiger partial charge in [-0.1, -0.05) is 19.1 Å². The first-order valence-electron chi connectivity index (χ1n) is 7.71. The number of anilines is 1. The van der Waals surface area contributed by atoms with E-state index in [1.807, 2.05) is 37.3 Å². The summed E-state index contributed by atoms with van der Waals surface area (Å²) in [7, 11) is 0. The van der Waals surface area contributed by atoms with Gasteiger partial charge in [-0.05, 0) is 82.8 Å². The fraction of sp³-hybridized carbons (Fsp3) is 0.278. The largest absolute Gasteiger partial charge is 0.490 e. The van der Waals surface area contributed by atoms with E-state index in [-0.39, 0.29) is 5.91 Å². The van der Waals surface area contributed by atoms with Crippen LogP contribution in [-0.4, -0.2) is 19.1 Å². The van der Waals surface area contributed by atoms with Crippen molar-refractivity contribution in [1.29, 1.82) is 0 Å². The van der Waals surface area contributed by atoms with Crippen LogP contribution in [0, 0.1) is 7.14 Å². The smallest absolute Gasteiger partial charge is 0.255 e. The van der Waals surface area contributed by atoms with Gasteiger partial charge in [-0.25, -0.2) is 0 Å². The van der Waals surface area contributed by atoms with Crippen LogP contribution < -0.4 is 14.8 Å². The van der Waals surface area contributed by atoms with Crippen molar-refractivity contribution in [2.24, 2.45) is 0 Å². The molecule has 2 aromatic carbocycles. The van der Waals surface area contributed by atoms with E-state index in [1.165, 1.54) is 0 Å². The van der Waals surface area contributed by atoms with Crippen molar-refractivity contribution in [3.63, 3.8) is 0 Å². The van der Waals surface area contributed by atoms with E-state index >= 15 is 0 Å². The molecule has 0 spiro atoms. The maximum atomic E-state index is 12.6. The Morgan fingerprint density at radius 2 is 1.83 bits per heavy atom. The lowest BCUT2D eigenvalue weighted by Crippen LogP contribution is -2.14. The van der Waals surface area contributed by atoms with E-state index in [4.69, 9.17) is 9.47 Å². The third-order valence-corrected chi connectivity index (χ3v) is 4.89. The minimum Gasteiger partial charge on any atom is -0.490 e. The second-order valence-corrected chi connectivity index (χ2v) is 7.33. The maximum Gasteiger partial charge on any atom is 0.255 e. The highest BCUT2D eigenvalue weighted by atomic mass is 127. The lowest BCUT2D eigenvalue weighted by Gasteiger charge is -2.15. The molecule has 0 heterocycles. The molecule has 0 aliphatic heterocycles. The van der Waals surface area contributed by atoms with Crippen LogP contribution in [0.2, 0.25) is 0 Å². The van der Waals surface area contributed by atoms with E-state index in [0.29, 0.717) is 30.3 Å². The first-order valence-corrected chi connectivity index (χ1v) is 9.87. The Balaban J connectivity index is 2.29. The lowest BCUT2D eigenvalue weighted by atomic mass is 10.1. The summed E-state index contributed by atoms with van der Waals surface area (Å²) in [6.45, 7) is 5.09. The summed E-state index contributed by atoms with van der Waals surface area (Å²) in [5.74, 6) is 1.14. The third kappa shape index (κ3) is 4.98. The van der Waals surface area contributed by atoms with Gasteiger partial charge in [0.1, 0.15) is 0 Å². The number of nitrogens with one attached hydrogen (secondary N) is 1. The van der Waals surface area contributed by atoms with Crippen LogP contribution >= 0.6 is 45.2 Å². The van der Waals surface area contributed by atoms with Crippen LogP contribution in [0.25, 0.3) is 0 Å². The zero-order chi connectivity index (χ0) is 17.5. The number of hydrogen-bond donors (Lipinski definition) is 1. The second-order valence-electron chi connectivity index (χ2n) is 5.00. The van der Waals surface area contributed by atoms with Crippen LogP contribution in [-0.2, 0) is 0 Å². The molecule has 0 aliphatic rings. The minimum atomic E-state index is -0.167. The molecule has 0 unspecified atom stereocenters. The molecular weight excluding hydrogens is 532 g/mol. The summed E-state index contributed by atoms with van der Waals surface area (Å²) < 4.78 is 13.3. The Morgan fingerprint density at radius 1 is 1.08 bits per heavy atom. The van der Waals surface area contributed by atoms with Gasteiger partial charge in [-0.15, -0.1) is 0 Å². The van der Waals surface area contributed by atoms with Crippen molar-refractivity contribution >= 4 is 56.8 Å². The van der Waals surface area contributed by atoms with Crippen LogP contribution in [0.1, 0.15) is 30.6 Å². The minimum absolute atomic E-state index is 0.167. The highest BCUT2D eigenvalue weighted by molar-refractivity contribution is 14.1. The SMILES string of the molecule is CCCOc1c(I)cc(C(=O)Nc2ccccc2I)cc1OCC. The molecule has 128 valence electrons. The number of rotatable bonds is 7. The normalized spacial score (nSPS) is 10.3. The second kappa shape index (κ2) is 9.45. The Kier molecular flexibility index (Phi) is 7.60. The van der Waals surface area contributed by atoms with Crippen molar-refractivity contribution in [2.75, 3.05) is 18.5 Å². The molecule has 24 heavy (non-hydrogen) atoms. The Bertz CT molecular complexity index is 719. The van der Waals surface area contributed by atoms with Crippen LogP contribution in [0.3, 0.4) is 0 Å². The predicted molar refractivity (Wildman–Crippen MR) is 113 cm³/mol. The van der Waals surface area contributed by atoms with Gasteiger partial charge in [0, 0.05) is 9.13 Å². The van der Waals surface area contributed by atoms with Gasteiger partial charge in [0.2, 0.25) is 0 Å². The van der Waals surface area contributed by atoms with Crippen LogP contribution in [0.4, 0.5) is 5.69 Å². The molecule has 0 saturated carbocycles. The molecule has 0 atom stereocenters. The summed E-state index contributed by atoms with van der Waals surface area (Å²) in [5.41, 5.74) is 1.34. The van der Waals surface area contributed by atoms with E-state index < -0.39 is 0 Å². The number of benzene rings is 2. The van der Waals surface area contributed by atoms with Gasteiger partial charge in [0.05, 0.1) is 22.5 Å². The highest BCUT2D eigenvalue weighted by Gasteiger charge is 2.16. The van der Waals surface area contributed by atoms with Gasteiger partial charge in [0.25, 0.3) is 5.91 Å². The summed E-state index contributed by atoms with van der Waals surface area (Å²) in [4.78, 5) is 12.6. The first-order chi connectivity index (χ1) is 11.6. The number of amides is 1. The molecular formula is C18H19I2NO3. The number of halogens is 2. The Hall–Kier alpha value is -1.03. The number of ether oxygens (including phenoxy) is 2. The van der Waals surface area contributed by atoms with Crippen LogP contribution in [0.15, 0.2) is 36.4 Å². The van der Waals surface area contributed by atoms with E-state index in [0.717, 1.165) is 19.2 Å². The first kappa shape index (κ1) is 19.3. The molecule has 6 heteroatoms. The topological polar surface area (TPSA) is 47.6 Å². The van der Waals surface area contributed by atoms with Crippen molar-refractivity contribution in [2.45, 2.75) is 20.3 Å². The quantitative estimate of drug-likeness (QED) is 0.474. The summed E-state index contributed by atoms with van der Waals surface area (Å²) in [5, 5.41) is 2.94. The standard InChI is InChI=1S/C18H19I2NO3/c1-3-9-24-17-14(20)10-12(11-16(17)23-4-2)18(22)21-15-8-6-5-7-13(15)19/h5-8,10-11H,3-4,9H2,1-2H3,(H,21,22). The van der Waals surface area contributed by atoms with Gasteiger partial charge < -0.3 is 14.8 Å². The summed E-state index contributed by atoms with van der Waals surface area (Å²) in [6, 6.07) is 11.2. The van der Waals surface area contributed by atoms with Gasteiger partial charge in [-0.3, -0.25) is 4.79 Å². The molecule has 0 fully saturated rings. The zero-order valence-electron chi connectivity index (χ0n) is 13.6. The van der Waals surface area contributed by atoms with Gasteiger partial charge in [0.15, 0.2) is 11.5 Å². The Labute approximate surface area is 169 Å². The fourth-order valence-electron chi connectivity index (χ4n) is 2.06. The van der Waals surface area contributed by atoms with Crippen molar-refractivity contribution in [1.82, 2.24) is 0 Å². The molecule has 0 aliphatic carbocycles. The molecule has 1 amide bonds. The van der Waals surface area contributed by atoms with Gasteiger partial charge in [-0.2, -0.15) is 0 Å². The van der Waals surface area contributed by atoms with Crippen molar-refractivity contribution < 1.29 is 14.3 Å². The third-order valence-electron chi connectivity index (χ3n) is 3.14. The summed E-state index contributed by atoms with van der Waals surface area (Å²) in [6.07, 6.45) is 0.913. The van der Waals surface area contributed by atoms with Gasteiger partial charge >= 0.3 is 0 Å². The predicted octanol–water partition coefficient (Wildman–Crippen LogP) is 5.34. The summed E-state index contributed by atoms with van der Waals surface area (Å²) >= 11 is 4.38. The zero-order valence-corrected chi connectivity index (χ0v) is 17.9. The average molecular weight is 551 g/mol. The molecule has 0 aromatic heterocycles. The molecule has 0 bridgehead atoms. The average Bonchev–Trinajstić information content (AvgIpc) is 2.56. The number of para-hydroxylation sites is 1. The lowest BCUT2D eigenvalue weighted by molar-refractivity contribution is 0.102. The monoisotopic (exact) mass is 551 g/mol. The number of carbonyl (C=O) groups excluding carboxylic acids is 1. The molecule has 2 rings (SSSR count).